The van der Waals surface area contributed by atoms with Gasteiger partial charge in [-0.2, -0.15) is 0 Å². The van der Waals surface area contributed by atoms with Crippen molar-refractivity contribution in [3.05, 3.63) is 52.9 Å². The SMILES string of the molecule is O=C(ON1C(=O)c2ccccc2C1=O)c1cnoc1C1CCC1. The highest BCUT2D eigenvalue weighted by Crippen LogP contribution is 2.38. The van der Waals surface area contributed by atoms with E-state index in [1.165, 1.54) is 18.3 Å². The van der Waals surface area contributed by atoms with Crippen molar-refractivity contribution in [2.75, 3.05) is 0 Å². The number of hydroxylamine groups is 2. The Morgan fingerprint density at radius 1 is 1.17 bits per heavy atom. The van der Waals surface area contributed by atoms with Crippen LogP contribution in [0.1, 0.15) is 62.0 Å². The van der Waals surface area contributed by atoms with E-state index < -0.39 is 17.8 Å². The van der Waals surface area contributed by atoms with Gasteiger partial charge in [0.05, 0.1) is 17.3 Å². The van der Waals surface area contributed by atoms with E-state index in [4.69, 9.17) is 9.36 Å². The number of carbonyl (C=O) groups is 3. The van der Waals surface area contributed by atoms with Gasteiger partial charge in [0.15, 0.2) is 5.76 Å². The van der Waals surface area contributed by atoms with Crippen LogP contribution in [0.2, 0.25) is 0 Å². The van der Waals surface area contributed by atoms with Crippen LogP contribution in [0.3, 0.4) is 0 Å². The quantitative estimate of drug-likeness (QED) is 0.808. The van der Waals surface area contributed by atoms with Gasteiger partial charge in [-0.1, -0.05) is 28.8 Å². The topological polar surface area (TPSA) is 89.7 Å². The molecule has 1 aliphatic carbocycles. The predicted molar refractivity (Wildman–Crippen MR) is 75.5 cm³/mol. The van der Waals surface area contributed by atoms with Gasteiger partial charge in [-0.05, 0) is 25.0 Å². The maximum Gasteiger partial charge on any atom is 0.369 e. The van der Waals surface area contributed by atoms with E-state index in [0.717, 1.165) is 19.3 Å². The minimum Gasteiger partial charge on any atom is -0.360 e. The lowest BCUT2D eigenvalue weighted by Crippen LogP contribution is -2.33. The fraction of sp³-hybridized carbons (Fsp3) is 0.250. The Bertz CT molecular complexity index is 786. The molecule has 2 aromatic rings. The summed E-state index contributed by atoms with van der Waals surface area (Å²) in [5.41, 5.74) is 0.593. The molecular formula is C16H12N2O5. The monoisotopic (exact) mass is 312 g/mol. The summed E-state index contributed by atoms with van der Waals surface area (Å²) in [7, 11) is 0. The van der Waals surface area contributed by atoms with Gasteiger partial charge in [0.1, 0.15) is 5.56 Å². The lowest BCUT2D eigenvalue weighted by Gasteiger charge is -2.23. The average Bonchev–Trinajstić information content (AvgIpc) is 3.06. The van der Waals surface area contributed by atoms with Crippen molar-refractivity contribution < 1.29 is 23.7 Å². The number of hydrogen-bond donors (Lipinski definition) is 0. The molecule has 0 unspecified atom stereocenters. The Kier molecular flexibility index (Phi) is 3.00. The molecule has 0 spiro atoms. The number of imide groups is 1. The molecule has 2 aliphatic rings. The van der Waals surface area contributed by atoms with Gasteiger partial charge in [0, 0.05) is 5.92 Å². The van der Waals surface area contributed by atoms with Gasteiger partial charge in [-0.3, -0.25) is 9.59 Å². The normalized spacial score (nSPS) is 17.1. The summed E-state index contributed by atoms with van der Waals surface area (Å²) in [5.74, 6) is -1.52. The second kappa shape index (κ2) is 5.05. The van der Waals surface area contributed by atoms with E-state index in [2.05, 4.69) is 5.16 Å². The van der Waals surface area contributed by atoms with Crippen LogP contribution in [0.4, 0.5) is 0 Å². The first kappa shape index (κ1) is 13.7. The lowest BCUT2D eigenvalue weighted by atomic mass is 9.82. The first-order valence-corrected chi connectivity index (χ1v) is 7.31. The number of aromatic nitrogens is 1. The highest BCUT2D eigenvalue weighted by molar-refractivity contribution is 6.21. The first-order valence-electron chi connectivity index (χ1n) is 7.31. The lowest BCUT2D eigenvalue weighted by molar-refractivity contribution is -0.0586. The zero-order chi connectivity index (χ0) is 16.0. The predicted octanol–water partition coefficient (Wildman–Crippen LogP) is 2.31. The molecule has 1 aliphatic heterocycles. The Morgan fingerprint density at radius 2 is 1.83 bits per heavy atom. The second-order valence-corrected chi connectivity index (χ2v) is 5.56. The van der Waals surface area contributed by atoms with Crippen LogP contribution in [0.25, 0.3) is 0 Å². The van der Waals surface area contributed by atoms with Crippen LogP contribution in [0, 0.1) is 0 Å². The third-order valence-electron chi connectivity index (χ3n) is 4.23. The highest BCUT2D eigenvalue weighted by Gasteiger charge is 2.40. The minimum atomic E-state index is -0.817. The van der Waals surface area contributed by atoms with Gasteiger partial charge in [-0.25, -0.2) is 4.79 Å². The standard InChI is InChI=1S/C16H12N2O5/c19-14-10-6-1-2-7-11(10)15(20)18(14)23-16(21)12-8-17-22-13(12)9-4-3-5-9/h1-2,6-9H,3-5H2. The molecule has 0 atom stereocenters. The van der Waals surface area contributed by atoms with E-state index in [-0.39, 0.29) is 22.6 Å². The summed E-state index contributed by atoms with van der Waals surface area (Å²) in [6.07, 6.45) is 4.16. The first-order chi connectivity index (χ1) is 11.2. The van der Waals surface area contributed by atoms with Crippen LogP contribution >= 0.6 is 0 Å². The van der Waals surface area contributed by atoms with Gasteiger partial charge in [0.25, 0.3) is 11.8 Å². The van der Waals surface area contributed by atoms with Crippen molar-refractivity contribution in [1.29, 1.82) is 0 Å². The maximum absolute atomic E-state index is 12.3. The number of benzene rings is 1. The fourth-order valence-electron chi connectivity index (χ4n) is 2.75. The van der Waals surface area contributed by atoms with E-state index in [9.17, 15) is 14.4 Å². The van der Waals surface area contributed by atoms with Crippen molar-refractivity contribution in [2.45, 2.75) is 25.2 Å². The Hall–Kier alpha value is -2.96. The van der Waals surface area contributed by atoms with E-state index >= 15 is 0 Å². The zero-order valence-electron chi connectivity index (χ0n) is 12.0. The third-order valence-corrected chi connectivity index (χ3v) is 4.23. The van der Waals surface area contributed by atoms with E-state index in [1.54, 1.807) is 12.1 Å². The van der Waals surface area contributed by atoms with Gasteiger partial charge in [0.2, 0.25) is 0 Å². The summed E-state index contributed by atoms with van der Waals surface area (Å²) in [5, 5.41) is 4.12. The van der Waals surface area contributed by atoms with Gasteiger partial charge in [-0.15, -0.1) is 0 Å². The molecule has 1 saturated carbocycles. The third kappa shape index (κ3) is 2.04. The summed E-state index contributed by atoms with van der Waals surface area (Å²) >= 11 is 0. The van der Waals surface area contributed by atoms with Crippen LogP contribution in [-0.4, -0.2) is 28.0 Å². The number of hydrogen-bond acceptors (Lipinski definition) is 6. The van der Waals surface area contributed by atoms with E-state index in [0.29, 0.717) is 10.8 Å². The number of rotatable bonds is 3. The van der Waals surface area contributed by atoms with Crippen LogP contribution in [0.15, 0.2) is 35.0 Å². The zero-order valence-corrected chi connectivity index (χ0v) is 12.0. The smallest absolute Gasteiger partial charge is 0.360 e. The van der Waals surface area contributed by atoms with Crippen LogP contribution < -0.4 is 0 Å². The molecule has 1 fully saturated rings. The van der Waals surface area contributed by atoms with Gasteiger partial charge >= 0.3 is 5.97 Å². The summed E-state index contributed by atoms with van der Waals surface area (Å²) in [6.45, 7) is 0. The fourth-order valence-corrected chi connectivity index (χ4v) is 2.75. The second-order valence-electron chi connectivity index (χ2n) is 5.56. The van der Waals surface area contributed by atoms with Gasteiger partial charge < -0.3 is 9.36 Å². The molecule has 23 heavy (non-hydrogen) atoms. The maximum atomic E-state index is 12.3. The summed E-state index contributed by atoms with van der Waals surface area (Å²) < 4.78 is 5.13. The molecule has 2 heterocycles. The Morgan fingerprint density at radius 3 is 2.39 bits per heavy atom. The molecule has 0 radical (unpaired) electrons. The number of carbonyl (C=O) groups excluding carboxylic acids is 3. The minimum absolute atomic E-state index is 0.141. The molecule has 7 nitrogen and oxygen atoms in total. The van der Waals surface area contributed by atoms with Crippen LogP contribution in [-0.2, 0) is 4.84 Å². The molecular weight excluding hydrogens is 300 g/mol. The molecule has 2 amide bonds. The summed E-state index contributed by atoms with van der Waals surface area (Å²) in [6, 6.07) is 6.32. The number of fused-ring (bicyclic) bond motifs is 1. The number of amides is 2. The molecule has 4 rings (SSSR count). The van der Waals surface area contributed by atoms with Crippen molar-refractivity contribution in [1.82, 2.24) is 10.2 Å². The average molecular weight is 312 g/mol. The number of nitrogens with zero attached hydrogens (tertiary/aromatic N) is 2. The Balaban J connectivity index is 1.57. The molecule has 7 heteroatoms. The highest BCUT2D eigenvalue weighted by atomic mass is 16.7. The van der Waals surface area contributed by atoms with Crippen molar-refractivity contribution in [3.8, 4) is 0 Å². The molecule has 1 aromatic carbocycles. The molecule has 0 saturated heterocycles. The summed E-state index contributed by atoms with van der Waals surface area (Å²) in [4.78, 5) is 41.7. The Labute approximate surface area is 130 Å². The van der Waals surface area contributed by atoms with E-state index in [1.807, 2.05) is 0 Å². The van der Waals surface area contributed by atoms with Crippen molar-refractivity contribution >= 4 is 17.8 Å². The molecule has 116 valence electrons. The van der Waals surface area contributed by atoms with Crippen LogP contribution in [0.5, 0.6) is 0 Å². The van der Waals surface area contributed by atoms with Crippen molar-refractivity contribution in [2.24, 2.45) is 0 Å². The molecule has 1 aromatic heterocycles. The molecule has 0 bridgehead atoms. The largest absolute Gasteiger partial charge is 0.369 e. The van der Waals surface area contributed by atoms with Crippen molar-refractivity contribution in [3.63, 3.8) is 0 Å². The molecule has 0 N–H and O–H groups in total.